The highest BCUT2D eigenvalue weighted by molar-refractivity contribution is 8.00. The van der Waals surface area contributed by atoms with Crippen molar-refractivity contribution in [2.24, 2.45) is 5.92 Å². The van der Waals surface area contributed by atoms with Crippen molar-refractivity contribution in [1.82, 2.24) is 9.80 Å². The number of hydrogen-bond donors (Lipinski definition) is 1. The van der Waals surface area contributed by atoms with E-state index in [0.717, 1.165) is 32.1 Å². The van der Waals surface area contributed by atoms with Crippen LogP contribution in [0.5, 0.6) is 0 Å². The van der Waals surface area contributed by atoms with Crippen LogP contribution >= 0.6 is 23.4 Å². The lowest BCUT2D eigenvalue weighted by atomic mass is 9.87. The molecular formula is C20H35ClN3O2S+. The molecule has 1 aliphatic carbocycles. The average molecular weight is 417 g/mol. The molecule has 1 saturated carbocycles. The predicted molar refractivity (Wildman–Crippen MR) is 110 cm³/mol. The topological polar surface area (TPSA) is 49.4 Å². The highest BCUT2D eigenvalue weighted by Gasteiger charge is 2.48. The van der Waals surface area contributed by atoms with Gasteiger partial charge in [0.05, 0.1) is 13.2 Å². The number of fused-ring (bicyclic) bond motifs is 1. The molecule has 4 aliphatic rings. The standard InChI is InChI=1S/C20H34ClN3O2S/c1-26-20(25)18-9-17-19(12-23(18)11-16-3-2-8-27-16)24(13-22-17)10-14-4-6-15(21)7-5-14/h14-19,22H,2-13H2,1H3/p+1. The number of thioether (sulfide) groups is 1. The Balaban J connectivity index is 1.39. The van der Waals surface area contributed by atoms with Crippen molar-refractivity contribution in [1.29, 1.82) is 0 Å². The molecule has 4 rings (SSSR count). The fraction of sp³-hybridized carbons (Fsp3) is 0.950. The van der Waals surface area contributed by atoms with Gasteiger partial charge in [-0.2, -0.15) is 11.8 Å². The van der Waals surface area contributed by atoms with Gasteiger partial charge in [0, 0.05) is 36.7 Å². The first-order chi connectivity index (χ1) is 13.1. The lowest BCUT2D eigenvalue weighted by Gasteiger charge is -2.41. The van der Waals surface area contributed by atoms with Crippen LogP contribution in [0.4, 0.5) is 0 Å². The number of ether oxygens (including phenoxy) is 1. The van der Waals surface area contributed by atoms with Gasteiger partial charge < -0.3 is 10.1 Å². The first kappa shape index (κ1) is 20.3. The van der Waals surface area contributed by atoms with E-state index in [1.165, 1.54) is 57.9 Å². The Labute approximate surface area is 172 Å². The van der Waals surface area contributed by atoms with Crippen LogP contribution in [0.25, 0.3) is 0 Å². The molecule has 0 aromatic carbocycles. The number of esters is 1. The van der Waals surface area contributed by atoms with Crippen LogP contribution in [0.3, 0.4) is 0 Å². The minimum atomic E-state index is -0.0552. The fourth-order valence-electron chi connectivity index (χ4n) is 5.59. The molecule has 4 fully saturated rings. The number of rotatable bonds is 5. The van der Waals surface area contributed by atoms with Crippen molar-refractivity contribution in [2.45, 2.75) is 73.7 Å². The van der Waals surface area contributed by atoms with Crippen LogP contribution in [0.15, 0.2) is 0 Å². The van der Waals surface area contributed by atoms with E-state index < -0.39 is 0 Å². The average Bonchev–Trinajstić information content (AvgIpc) is 3.32. The summed E-state index contributed by atoms with van der Waals surface area (Å²) in [4.78, 5) is 17.6. The van der Waals surface area contributed by atoms with Crippen molar-refractivity contribution >= 4 is 29.3 Å². The molecule has 0 aromatic heterocycles. The van der Waals surface area contributed by atoms with Gasteiger partial charge in [-0.05, 0) is 50.2 Å². The summed E-state index contributed by atoms with van der Waals surface area (Å²) in [5, 5.41) is 3.55. The number of carbonyl (C=O) groups is 1. The zero-order chi connectivity index (χ0) is 18.8. The van der Waals surface area contributed by atoms with Gasteiger partial charge >= 0.3 is 5.97 Å². The molecule has 2 N–H and O–H groups in total. The van der Waals surface area contributed by atoms with E-state index >= 15 is 0 Å². The van der Waals surface area contributed by atoms with Crippen LogP contribution in [-0.2, 0) is 9.53 Å². The Kier molecular flexibility index (Phi) is 6.91. The lowest BCUT2D eigenvalue weighted by molar-refractivity contribution is -0.678. The van der Waals surface area contributed by atoms with Crippen LogP contribution in [0.2, 0.25) is 0 Å². The molecule has 3 aliphatic heterocycles. The van der Waals surface area contributed by atoms with Gasteiger partial charge in [-0.3, -0.25) is 9.69 Å². The van der Waals surface area contributed by atoms with E-state index in [1.54, 1.807) is 0 Å². The van der Waals surface area contributed by atoms with E-state index in [1.807, 2.05) is 0 Å². The maximum absolute atomic E-state index is 12.5. The highest BCUT2D eigenvalue weighted by Crippen LogP contribution is 2.32. The number of halogens is 1. The smallest absolute Gasteiger partial charge is 0.323 e. The van der Waals surface area contributed by atoms with Gasteiger partial charge in [-0.15, -0.1) is 11.6 Å². The Morgan fingerprint density at radius 3 is 2.70 bits per heavy atom. The first-order valence-electron chi connectivity index (χ1n) is 10.8. The maximum Gasteiger partial charge on any atom is 0.323 e. The first-order valence-corrected chi connectivity index (χ1v) is 12.3. The van der Waals surface area contributed by atoms with E-state index in [9.17, 15) is 4.79 Å². The van der Waals surface area contributed by atoms with Crippen LogP contribution in [0, 0.1) is 5.92 Å². The second kappa shape index (κ2) is 9.21. The van der Waals surface area contributed by atoms with Crippen LogP contribution in [-0.4, -0.2) is 83.7 Å². The number of nitrogens with two attached hydrogens (primary N) is 1. The maximum atomic E-state index is 12.5. The van der Waals surface area contributed by atoms with Crippen LogP contribution in [0.1, 0.15) is 44.9 Å². The number of nitrogens with zero attached hydrogens (tertiary/aromatic N) is 2. The quantitative estimate of drug-likeness (QED) is 0.543. The van der Waals surface area contributed by atoms with Gasteiger partial charge in [0.2, 0.25) is 0 Å². The number of quaternary nitrogens is 1. The molecule has 0 amide bonds. The van der Waals surface area contributed by atoms with Crippen molar-refractivity contribution in [3.8, 4) is 0 Å². The number of piperidine rings is 1. The number of likely N-dealkylation sites (tertiary alicyclic amines) is 1. The second-order valence-electron chi connectivity index (χ2n) is 8.90. The van der Waals surface area contributed by atoms with Gasteiger partial charge in [0.15, 0.2) is 0 Å². The molecule has 4 atom stereocenters. The number of carbonyl (C=O) groups excluding carboxylic acids is 1. The van der Waals surface area contributed by atoms with Crippen molar-refractivity contribution < 1.29 is 14.8 Å². The Morgan fingerprint density at radius 2 is 2.00 bits per heavy atom. The fourth-order valence-corrected chi connectivity index (χ4v) is 7.14. The Hall–Kier alpha value is -0.0100. The third kappa shape index (κ3) is 4.77. The van der Waals surface area contributed by atoms with E-state index in [0.29, 0.717) is 22.7 Å². The summed E-state index contributed by atoms with van der Waals surface area (Å²) in [7, 11) is 1.54. The van der Waals surface area contributed by atoms with Crippen molar-refractivity contribution in [3.05, 3.63) is 0 Å². The predicted octanol–water partition coefficient (Wildman–Crippen LogP) is 1.50. The molecule has 3 heterocycles. The molecule has 7 heteroatoms. The zero-order valence-corrected chi connectivity index (χ0v) is 18.1. The third-order valence-electron chi connectivity index (χ3n) is 7.17. The molecule has 0 bridgehead atoms. The van der Waals surface area contributed by atoms with Crippen molar-refractivity contribution in [2.75, 3.05) is 39.2 Å². The summed E-state index contributed by atoms with van der Waals surface area (Å²) >= 11 is 8.38. The summed E-state index contributed by atoms with van der Waals surface area (Å²) in [6, 6.07) is 1.05. The molecule has 154 valence electrons. The van der Waals surface area contributed by atoms with Gasteiger partial charge in [0.1, 0.15) is 18.8 Å². The summed E-state index contributed by atoms with van der Waals surface area (Å²) in [5.74, 6) is 2.03. The molecule has 0 aromatic rings. The van der Waals surface area contributed by atoms with Gasteiger partial charge in [-0.25, -0.2) is 4.90 Å². The molecule has 5 nitrogen and oxygen atoms in total. The molecule has 3 saturated heterocycles. The largest absolute Gasteiger partial charge is 0.468 e. The van der Waals surface area contributed by atoms with E-state index in [4.69, 9.17) is 16.3 Å². The highest BCUT2D eigenvalue weighted by atomic mass is 35.5. The van der Waals surface area contributed by atoms with Gasteiger partial charge in [0.25, 0.3) is 0 Å². The molecule has 27 heavy (non-hydrogen) atoms. The molecule has 4 unspecified atom stereocenters. The number of methoxy groups -OCH3 is 1. The summed E-state index contributed by atoms with van der Waals surface area (Å²) < 4.78 is 5.16. The summed E-state index contributed by atoms with van der Waals surface area (Å²) in [5.41, 5.74) is 0. The Morgan fingerprint density at radius 1 is 1.19 bits per heavy atom. The van der Waals surface area contributed by atoms with Crippen molar-refractivity contribution in [3.63, 3.8) is 0 Å². The SMILES string of the molecule is COC(=O)C1CC2[NH2+]CN(CC3CCC(Cl)CC3)C2CN1CC1CCCS1. The molecule has 0 radical (unpaired) electrons. The Bertz CT molecular complexity index is 511. The van der Waals surface area contributed by atoms with E-state index in [2.05, 4.69) is 26.9 Å². The van der Waals surface area contributed by atoms with Crippen LogP contribution < -0.4 is 5.32 Å². The normalized spacial score (nSPS) is 40.8. The van der Waals surface area contributed by atoms with E-state index in [-0.39, 0.29) is 12.0 Å². The monoisotopic (exact) mass is 416 g/mol. The summed E-state index contributed by atoms with van der Waals surface area (Å²) in [6.07, 6.45) is 8.44. The minimum absolute atomic E-state index is 0.0382. The molecule has 0 spiro atoms. The minimum Gasteiger partial charge on any atom is -0.468 e. The number of hydrogen-bond acceptors (Lipinski definition) is 5. The second-order valence-corrected chi connectivity index (χ2v) is 10.9. The zero-order valence-electron chi connectivity index (χ0n) is 16.5. The summed E-state index contributed by atoms with van der Waals surface area (Å²) in [6.45, 7) is 4.34. The lowest BCUT2D eigenvalue weighted by Crippen LogP contribution is -2.89. The van der Waals surface area contributed by atoms with Gasteiger partial charge in [-0.1, -0.05) is 0 Å². The number of alkyl halides is 1. The third-order valence-corrected chi connectivity index (χ3v) is 8.99. The molecular weight excluding hydrogens is 382 g/mol.